The number of aromatic nitrogens is 4. The largest absolute Gasteiger partial charge is 0.442 e. The van der Waals surface area contributed by atoms with Crippen LogP contribution in [0.1, 0.15) is 36.3 Å². The fourth-order valence-electron chi connectivity index (χ4n) is 3.15. The molecule has 9 heteroatoms. The van der Waals surface area contributed by atoms with Crippen LogP contribution >= 0.6 is 22.9 Å². The summed E-state index contributed by atoms with van der Waals surface area (Å²) in [6, 6.07) is 9.16. The second kappa shape index (κ2) is 8.37. The highest BCUT2D eigenvalue weighted by Crippen LogP contribution is 2.31. The molecule has 4 rings (SSSR count). The summed E-state index contributed by atoms with van der Waals surface area (Å²) in [5.41, 5.74) is 2.12. The third-order valence-electron chi connectivity index (χ3n) is 4.43. The molecule has 4 aromatic rings. The number of nitrogens with zero attached hydrogens (tertiary/aromatic N) is 4. The zero-order valence-corrected chi connectivity index (χ0v) is 18.9. The molecule has 0 aliphatic heterocycles. The molecule has 0 spiro atoms. The number of aliphatic hydroxyl groups excluding tert-OH is 1. The molecule has 3 heterocycles. The van der Waals surface area contributed by atoms with Gasteiger partial charge in [-0.1, -0.05) is 17.7 Å². The van der Waals surface area contributed by atoms with Gasteiger partial charge in [0.05, 0.1) is 38.4 Å². The molecule has 0 radical (unpaired) electrons. The highest BCUT2D eigenvalue weighted by Gasteiger charge is 2.23. The van der Waals surface area contributed by atoms with E-state index in [2.05, 4.69) is 15.1 Å². The van der Waals surface area contributed by atoms with Crippen molar-refractivity contribution in [1.82, 2.24) is 19.7 Å². The highest BCUT2D eigenvalue weighted by atomic mass is 35.5. The van der Waals surface area contributed by atoms with Crippen molar-refractivity contribution in [1.29, 1.82) is 0 Å². The Morgan fingerprint density at radius 3 is 2.74 bits per heavy atom. The molecule has 160 valence electrons. The lowest BCUT2D eigenvalue weighted by Crippen LogP contribution is -2.27. The zero-order chi connectivity index (χ0) is 22.2. The van der Waals surface area contributed by atoms with E-state index < -0.39 is 11.7 Å². The first-order chi connectivity index (χ1) is 14.7. The number of hydrogen-bond donors (Lipinski definition) is 1. The van der Waals surface area contributed by atoms with Crippen LogP contribution in [0.5, 0.6) is 0 Å². The summed E-state index contributed by atoms with van der Waals surface area (Å²) in [5, 5.41) is 16.0. The molecule has 0 fully saturated rings. The van der Waals surface area contributed by atoms with Crippen LogP contribution in [0.3, 0.4) is 0 Å². The average molecular weight is 457 g/mol. The smallest absolute Gasteiger partial charge is 0.435 e. The summed E-state index contributed by atoms with van der Waals surface area (Å²) < 4.78 is 6.81. The van der Waals surface area contributed by atoms with Crippen LogP contribution in [0.4, 0.5) is 4.79 Å². The number of hydrogen-bond acceptors (Lipinski definition) is 7. The van der Waals surface area contributed by atoms with Crippen molar-refractivity contribution in [2.24, 2.45) is 0 Å². The number of rotatable bonds is 4. The first kappa shape index (κ1) is 21.4. The van der Waals surface area contributed by atoms with Gasteiger partial charge in [0.1, 0.15) is 5.60 Å². The molecular weight excluding hydrogens is 436 g/mol. The Labute approximate surface area is 188 Å². The number of ether oxygens (including phenoxy) is 1. The Morgan fingerprint density at radius 2 is 2.06 bits per heavy atom. The van der Waals surface area contributed by atoms with Gasteiger partial charge in [0.25, 0.3) is 0 Å². The second-order valence-corrected chi connectivity index (χ2v) is 9.57. The lowest BCUT2D eigenvalue weighted by molar-refractivity contribution is 0.0522. The van der Waals surface area contributed by atoms with Gasteiger partial charge in [-0.25, -0.2) is 9.78 Å². The molecule has 7 nitrogen and oxygen atoms in total. The summed E-state index contributed by atoms with van der Waals surface area (Å²) in [7, 11) is 0. The molecule has 1 aromatic carbocycles. The van der Waals surface area contributed by atoms with E-state index in [-0.39, 0.29) is 6.61 Å². The molecule has 0 aliphatic carbocycles. The van der Waals surface area contributed by atoms with E-state index in [1.54, 1.807) is 24.5 Å². The number of pyridine rings is 1. The van der Waals surface area contributed by atoms with Gasteiger partial charge in [-0.05, 0) is 45.0 Å². The molecule has 0 saturated carbocycles. The SMILES string of the molecule is CC(C)(C)OC(=O)n1nc(Cc2ncc(CO)s2)c2cc(-c3ncccc3Cl)ccc21. The fourth-order valence-corrected chi connectivity index (χ4v) is 4.16. The van der Waals surface area contributed by atoms with Crippen molar-refractivity contribution in [3.05, 3.63) is 63.3 Å². The molecule has 31 heavy (non-hydrogen) atoms. The van der Waals surface area contributed by atoms with Crippen molar-refractivity contribution in [3.8, 4) is 11.3 Å². The van der Waals surface area contributed by atoms with Crippen molar-refractivity contribution in [3.63, 3.8) is 0 Å². The number of thiazole rings is 1. The molecule has 3 aromatic heterocycles. The van der Waals surface area contributed by atoms with E-state index in [0.29, 0.717) is 28.3 Å². The third-order valence-corrected chi connectivity index (χ3v) is 5.72. The second-order valence-electron chi connectivity index (χ2n) is 7.96. The first-order valence-electron chi connectivity index (χ1n) is 9.65. The summed E-state index contributed by atoms with van der Waals surface area (Å²) in [5.74, 6) is 0. The van der Waals surface area contributed by atoms with Crippen molar-refractivity contribution >= 4 is 39.9 Å². The van der Waals surface area contributed by atoms with Gasteiger partial charge in [-0.2, -0.15) is 9.78 Å². The summed E-state index contributed by atoms with van der Waals surface area (Å²) in [6.45, 7) is 5.37. The van der Waals surface area contributed by atoms with E-state index in [1.165, 1.54) is 16.0 Å². The molecule has 0 atom stereocenters. The Kier molecular flexibility index (Phi) is 5.79. The van der Waals surface area contributed by atoms with Crippen LogP contribution < -0.4 is 0 Å². The van der Waals surface area contributed by atoms with E-state index in [0.717, 1.165) is 20.8 Å². The lowest BCUT2D eigenvalue weighted by Gasteiger charge is -2.19. The Morgan fingerprint density at radius 1 is 1.26 bits per heavy atom. The molecule has 0 bridgehead atoms. The van der Waals surface area contributed by atoms with E-state index >= 15 is 0 Å². The molecule has 0 saturated heterocycles. The number of benzene rings is 1. The lowest BCUT2D eigenvalue weighted by atomic mass is 10.1. The van der Waals surface area contributed by atoms with E-state index in [4.69, 9.17) is 16.3 Å². The topological polar surface area (TPSA) is 90.1 Å². The Bertz CT molecular complexity index is 1260. The maximum Gasteiger partial charge on any atom is 0.435 e. The quantitative estimate of drug-likeness (QED) is 0.460. The number of carbonyl (C=O) groups is 1. The van der Waals surface area contributed by atoms with Gasteiger partial charge in [-0.3, -0.25) is 4.98 Å². The Balaban J connectivity index is 1.83. The van der Waals surface area contributed by atoms with Crippen molar-refractivity contribution < 1.29 is 14.6 Å². The van der Waals surface area contributed by atoms with Gasteiger partial charge in [0, 0.05) is 29.8 Å². The zero-order valence-electron chi connectivity index (χ0n) is 17.3. The third kappa shape index (κ3) is 4.61. The molecule has 0 amide bonds. The highest BCUT2D eigenvalue weighted by molar-refractivity contribution is 7.11. The van der Waals surface area contributed by atoms with Crippen molar-refractivity contribution in [2.75, 3.05) is 0 Å². The predicted molar refractivity (Wildman–Crippen MR) is 120 cm³/mol. The van der Waals surface area contributed by atoms with E-state index in [9.17, 15) is 9.90 Å². The average Bonchev–Trinajstić information content (AvgIpc) is 3.32. The Hall–Kier alpha value is -2.81. The number of carbonyl (C=O) groups excluding carboxylic acids is 1. The first-order valence-corrected chi connectivity index (χ1v) is 10.8. The molecule has 0 aliphatic rings. The van der Waals surface area contributed by atoms with Crippen molar-refractivity contribution in [2.45, 2.75) is 39.4 Å². The van der Waals surface area contributed by atoms with Gasteiger partial charge in [0.2, 0.25) is 0 Å². The van der Waals surface area contributed by atoms with Crippen LogP contribution in [0.15, 0.2) is 42.7 Å². The molecular formula is C22H21ClN4O3S. The van der Waals surface area contributed by atoms with Gasteiger partial charge >= 0.3 is 6.09 Å². The van der Waals surface area contributed by atoms with E-state index in [1.807, 2.05) is 39.0 Å². The maximum atomic E-state index is 12.8. The fraction of sp³-hybridized carbons (Fsp3) is 0.273. The maximum absolute atomic E-state index is 12.8. The minimum atomic E-state index is -0.651. The van der Waals surface area contributed by atoms with Crippen LogP contribution in [-0.2, 0) is 17.8 Å². The minimum Gasteiger partial charge on any atom is -0.442 e. The minimum absolute atomic E-state index is 0.0624. The monoisotopic (exact) mass is 456 g/mol. The van der Waals surface area contributed by atoms with Gasteiger partial charge in [-0.15, -0.1) is 11.3 Å². The summed E-state index contributed by atoms with van der Waals surface area (Å²) in [6.07, 6.45) is 3.19. The number of aliphatic hydroxyl groups is 1. The molecule has 1 N–H and O–H groups in total. The standard InChI is InChI=1S/C22H21ClN4O3S/c1-22(2,3)30-21(29)27-18-7-6-13(20-16(23)5-4-8-24-20)9-15(18)17(26-27)10-19-25-11-14(12-28)31-19/h4-9,11,28H,10,12H2,1-3H3. The molecule has 0 unspecified atom stereocenters. The van der Waals surface area contributed by atoms with Crippen LogP contribution in [0, 0.1) is 0 Å². The predicted octanol–water partition coefficient (Wildman–Crippen LogP) is 5.07. The normalized spacial score (nSPS) is 11.8. The summed E-state index contributed by atoms with van der Waals surface area (Å²) >= 11 is 7.74. The van der Waals surface area contributed by atoms with Crippen LogP contribution in [-0.4, -0.2) is 36.5 Å². The number of fused-ring (bicyclic) bond motifs is 1. The number of halogens is 1. The van der Waals surface area contributed by atoms with Gasteiger partial charge in [0.15, 0.2) is 0 Å². The van der Waals surface area contributed by atoms with Crippen LogP contribution in [0.2, 0.25) is 5.02 Å². The van der Waals surface area contributed by atoms with Crippen LogP contribution in [0.25, 0.3) is 22.2 Å². The van der Waals surface area contributed by atoms with Gasteiger partial charge < -0.3 is 9.84 Å². The summed E-state index contributed by atoms with van der Waals surface area (Å²) in [4.78, 5) is 22.3.